The van der Waals surface area contributed by atoms with Crippen molar-refractivity contribution in [2.24, 2.45) is 16.7 Å². The Bertz CT molecular complexity index is 3900. The first-order valence-corrected chi connectivity index (χ1v) is 32.4. The molecule has 8 aromatic rings. The first-order valence-electron chi connectivity index (χ1n) is 27.3. The number of methoxy groups -OCH3 is 1. The van der Waals surface area contributed by atoms with E-state index in [1.54, 1.807) is 65.7 Å². The predicted octanol–water partition coefficient (Wildman–Crippen LogP) is 8.68. The molecule has 1 aromatic carbocycles. The fourth-order valence-corrected chi connectivity index (χ4v) is 16.3. The molecule has 446 valence electrons. The molecule has 12 bridgehead atoms. The normalized spacial score (nSPS) is 21.2. The van der Waals surface area contributed by atoms with Crippen molar-refractivity contribution in [1.82, 2.24) is 61.5 Å². The van der Waals surface area contributed by atoms with Gasteiger partial charge in [-0.05, 0) is 69.1 Å². The Labute approximate surface area is 516 Å². The Kier molecular flexibility index (Phi) is 17.5. The summed E-state index contributed by atoms with van der Waals surface area (Å²) in [5.74, 6) is -3.77. The molecule has 86 heavy (non-hydrogen) atoms. The number of amides is 6. The minimum Gasteiger partial charge on any atom is -0.481 e. The third kappa shape index (κ3) is 12.2. The average Bonchev–Trinajstić information content (AvgIpc) is 2.01. The minimum absolute atomic E-state index is 0.000908. The average molecular weight is 1280 g/mol. The highest BCUT2D eigenvalue weighted by Gasteiger charge is 2.55. The zero-order chi connectivity index (χ0) is 60.6. The number of rotatable bonds is 11. The van der Waals surface area contributed by atoms with E-state index < -0.39 is 77.1 Å². The number of carboxylic acids is 1. The molecular formula is C57H57N13O10S6. The smallest absolute Gasteiger partial charge is 0.309 e. The van der Waals surface area contributed by atoms with E-state index in [1.165, 1.54) is 70.8 Å². The fraction of sp³-hybridized carbons (Fsp3) is 0.368. The van der Waals surface area contributed by atoms with E-state index in [4.69, 9.17) is 39.6 Å². The molecule has 3 fully saturated rings. The van der Waals surface area contributed by atoms with Crippen LogP contribution in [-0.2, 0) is 30.5 Å². The first kappa shape index (κ1) is 60.1. The van der Waals surface area contributed by atoms with Crippen LogP contribution in [-0.4, -0.2) is 107 Å². The number of hydrogen-bond donors (Lipinski definition) is 8. The molecule has 6 amide bonds. The number of aliphatic hydroxyl groups excluding tert-OH is 1. The van der Waals surface area contributed by atoms with Crippen LogP contribution in [0, 0.1) is 23.7 Å². The van der Waals surface area contributed by atoms with Crippen LogP contribution in [0.25, 0.3) is 42.5 Å². The van der Waals surface area contributed by atoms with Crippen molar-refractivity contribution in [3.05, 3.63) is 112 Å². The third-order valence-electron chi connectivity index (χ3n) is 15.7. The lowest BCUT2D eigenvalue weighted by Crippen LogP contribution is -2.50. The van der Waals surface area contributed by atoms with Crippen molar-refractivity contribution < 1.29 is 48.5 Å². The zero-order valence-electron chi connectivity index (χ0n) is 46.8. The first-order chi connectivity index (χ1) is 41.3. The third-order valence-corrected chi connectivity index (χ3v) is 21.6. The summed E-state index contributed by atoms with van der Waals surface area (Å²) >= 11 is 7.23. The summed E-state index contributed by atoms with van der Waals surface area (Å²) in [5, 5.41) is 46.5. The number of pyridine rings is 1. The molecule has 0 unspecified atom stereocenters. The summed E-state index contributed by atoms with van der Waals surface area (Å²) in [6, 6.07) is 9.56. The Morgan fingerprint density at radius 1 is 0.709 bits per heavy atom. The molecule has 0 radical (unpaired) electrons. The summed E-state index contributed by atoms with van der Waals surface area (Å²) in [4.78, 5) is 131. The van der Waals surface area contributed by atoms with Crippen LogP contribution < -0.4 is 31.9 Å². The fourth-order valence-electron chi connectivity index (χ4n) is 10.7. The van der Waals surface area contributed by atoms with E-state index in [0.717, 1.165) is 11.3 Å². The van der Waals surface area contributed by atoms with Crippen LogP contribution in [0.4, 0.5) is 5.82 Å². The summed E-state index contributed by atoms with van der Waals surface area (Å²) < 4.78 is 5.45. The number of aromatic nitrogens is 7. The van der Waals surface area contributed by atoms with E-state index in [2.05, 4.69) is 31.9 Å². The number of benzene rings is 1. The molecule has 8 heterocycles. The molecule has 0 spiro atoms. The maximum atomic E-state index is 14.4. The van der Waals surface area contributed by atoms with Gasteiger partial charge in [-0.2, -0.15) is 0 Å². The molecule has 1 aliphatic heterocycles. The Hall–Kier alpha value is -7.64. The number of fused-ring (bicyclic) bond motifs is 17. The van der Waals surface area contributed by atoms with Crippen molar-refractivity contribution in [2.75, 3.05) is 26.0 Å². The van der Waals surface area contributed by atoms with Crippen molar-refractivity contribution in [2.45, 2.75) is 96.6 Å². The van der Waals surface area contributed by atoms with Gasteiger partial charge in [-0.15, -0.1) is 68.0 Å². The summed E-state index contributed by atoms with van der Waals surface area (Å²) in [7, 11) is 2.94. The van der Waals surface area contributed by atoms with E-state index in [0.29, 0.717) is 117 Å². The lowest BCUT2D eigenvalue weighted by Gasteiger charge is -2.50. The molecule has 4 atom stereocenters. The van der Waals surface area contributed by atoms with E-state index >= 15 is 0 Å². The summed E-state index contributed by atoms with van der Waals surface area (Å²) in [6.07, 6.45) is 2.92. The van der Waals surface area contributed by atoms with Gasteiger partial charge < -0.3 is 46.9 Å². The van der Waals surface area contributed by atoms with Crippen LogP contribution in [0.1, 0.15) is 145 Å². The van der Waals surface area contributed by atoms with Crippen LogP contribution in [0.5, 0.6) is 0 Å². The predicted molar refractivity (Wildman–Crippen MR) is 326 cm³/mol. The van der Waals surface area contributed by atoms with Gasteiger partial charge in [0, 0.05) is 52.4 Å². The Morgan fingerprint density at radius 2 is 1.43 bits per heavy atom. The summed E-state index contributed by atoms with van der Waals surface area (Å²) in [5.41, 5.74) is 0.991. The van der Waals surface area contributed by atoms with Crippen molar-refractivity contribution >= 4 is 115 Å². The van der Waals surface area contributed by atoms with Gasteiger partial charge in [-0.3, -0.25) is 33.6 Å². The standard InChI is InChI=1S/C57H57N13O10S6/c1-26(2)39-53-70-42(35(86-53)22-80-5)46(75)59-21-38(72)67-43(44(73)28-9-7-6-8-10-28)52-64-33(24-82-52)49-60-20-34(85-49)41-29(48-63-32(23-81-48)45(74)62-31(19-37(71)58-4)51-69-40(27(3)84-51)47(76)68-39)11-12-30(61-41)50-65-36(25-83-50)66-54(77)56-13-16-57(17-14-56,18-15-56)55(78)79/h6-12,20,23-26,31,39,43-44,73H,13-19,21-22H2,1-5H3,(H,58,71)(H,59,75)(H,62,74)(H,66,77)(H,67,72)(H,68,76)(H,78,79)/t31-,39-,43-,44-,56?,57?/m0/s1. The largest absolute Gasteiger partial charge is 0.481 e. The van der Waals surface area contributed by atoms with Gasteiger partial charge in [0.2, 0.25) is 17.7 Å². The zero-order valence-corrected chi connectivity index (χ0v) is 51.7. The van der Waals surface area contributed by atoms with Gasteiger partial charge in [0.05, 0.1) is 58.2 Å². The number of ether oxygens (including phenoxy) is 1. The molecule has 29 heteroatoms. The minimum atomic E-state index is -1.28. The topological polar surface area (TPSA) is 332 Å². The molecule has 3 aliphatic carbocycles. The maximum Gasteiger partial charge on any atom is 0.309 e. The van der Waals surface area contributed by atoms with Crippen LogP contribution in [0.2, 0.25) is 0 Å². The molecule has 0 saturated heterocycles. The van der Waals surface area contributed by atoms with Crippen LogP contribution >= 0.6 is 68.0 Å². The number of carboxylic acid groups (broad SMARTS) is 1. The van der Waals surface area contributed by atoms with Gasteiger partial charge in [-0.1, -0.05) is 44.2 Å². The second-order valence-electron chi connectivity index (χ2n) is 21.5. The SMILES string of the molecule is CNC(=O)C[C@@H]1NC(=O)c2csc(n2)-c2ccc(-c3nc(NC(=O)C45CCC(C(=O)O)(CC4)CC5)cs3)nc2-c2cnc(s2)-c2csc(n2)[C@H]([C@@H](O)c2ccccc2)NC(=O)CNC(=O)c2nc(sc2COC)[C@H](C(C)C)NC(=O)c2nc1sc2C. The number of nitrogens with one attached hydrogen (secondary N) is 6. The number of carbonyl (C=O) groups excluding carboxylic acids is 6. The highest BCUT2D eigenvalue weighted by Crippen LogP contribution is 2.57. The van der Waals surface area contributed by atoms with Gasteiger partial charge in [0.1, 0.15) is 70.8 Å². The van der Waals surface area contributed by atoms with Crippen LogP contribution in [0.3, 0.4) is 0 Å². The highest BCUT2D eigenvalue weighted by molar-refractivity contribution is 7.19. The number of carbonyl (C=O) groups is 7. The molecular weight excluding hydrogens is 1220 g/mol. The van der Waals surface area contributed by atoms with E-state index in [-0.39, 0.29) is 41.9 Å². The quantitative estimate of drug-likeness (QED) is 0.0600. The highest BCUT2D eigenvalue weighted by atomic mass is 32.1. The molecule has 12 rings (SSSR count). The van der Waals surface area contributed by atoms with Gasteiger partial charge >= 0.3 is 5.97 Å². The van der Waals surface area contributed by atoms with E-state index in [1.807, 2.05) is 19.9 Å². The van der Waals surface area contributed by atoms with Crippen LogP contribution in [0.15, 0.2) is 64.8 Å². The monoisotopic (exact) mass is 1280 g/mol. The molecule has 7 aromatic heterocycles. The van der Waals surface area contributed by atoms with E-state index in [9.17, 15) is 43.8 Å². The number of aryl methyl sites for hydroxylation is 1. The van der Waals surface area contributed by atoms with Gasteiger partial charge in [-0.25, -0.2) is 34.9 Å². The lowest BCUT2D eigenvalue weighted by atomic mass is 9.53. The molecule has 23 nitrogen and oxygen atoms in total. The Balaban J connectivity index is 0.964. The van der Waals surface area contributed by atoms with Crippen molar-refractivity contribution in [3.8, 4) is 42.5 Å². The Morgan fingerprint density at radius 3 is 2.15 bits per heavy atom. The number of hydrogen-bond acceptors (Lipinski definition) is 22. The maximum absolute atomic E-state index is 14.4. The second kappa shape index (κ2) is 25.0. The molecule has 3 saturated carbocycles. The number of aliphatic carboxylic acids is 1. The number of aliphatic hydroxyl groups is 1. The number of anilines is 1. The van der Waals surface area contributed by atoms with Gasteiger partial charge in [0.25, 0.3) is 17.7 Å². The number of nitrogens with zero attached hydrogens (tertiary/aromatic N) is 7. The summed E-state index contributed by atoms with van der Waals surface area (Å²) in [6.45, 7) is 4.96. The molecule has 8 N–H and O–H groups in total. The van der Waals surface area contributed by atoms with Crippen molar-refractivity contribution in [1.29, 1.82) is 0 Å². The lowest BCUT2D eigenvalue weighted by molar-refractivity contribution is -0.162. The van der Waals surface area contributed by atoms with Crippen molar-refractivity contribution in [3.63, 3.8) is 0 Å². The second-order valence-corrected chi connectivity index (χ2v) is 27.5. The number of thiazole rings is 6. The van der Waals surface area contributed by atoms with Gasteiger partial charge in [0.15, 0.2) is 0 Å². The molecule has 4 aliphatic rings.